The average molecular weight is 325 g/mol. The van der Waals surface area contributed by atoms with E-state index < -0.39 is 0 Å². The Morgan fingerprint density at radius 3 is 3.00 bits per heavy atom. The van der Waals surface area contributed by atoms with Gasteiger partial charge in [-0.2, -0.15) is 10.2 Å². The van der Waals surface area contributed by atoms with E-state index >= 15 is 0 Å². The largest absolute Gasteiger partial charge is 0.335 e. The third kappa shape index (κ3) is 3.97. The highest BCUT2D eigenvalue weighted by molar-refractivity contribution is 5.89. The van der Waals surface area contributed by atoms with Gasteiger partial charge in [-0.3, -0.25) is 5.10 Å². The number of hydrogen-bond acceptors (Lipinski definition) is 4. The van der Waals surface area contributed by atoms with Crippen molar-refractivity contribution in [1.82, 2.24) is 30.3 Å². The summed E-state index contributed by atoms with van der Waals surface area (Å²) < 4.78 is 1.60. The van der Waals surface area contributed by atoms with Gasteiger partial charge in [-0.1, -0.05) is 6.07 Å². The van der Waals surface area contributed by atoms with E-state index in [-0.39, 0.29) is 12.1 Å². The predicted molar refractivity (Wildman–Crippen MR) is 90.0 cm³/mol. The van der Waals surface area contributed by atoms with Crippen LogP contribution in [0, 0.1) is 6.92 Å². The number of H-pyrrole nitrogens is 1. The standard InChI is InChI=1S/C16H19N7O/c1-11(7-13-8-12(2)21-22-13)19-16(24)20-14-9-18-23(10-14)15-5-3-4-6-17-15/h3-6,8-11H,7H2,1-2H3,(H,21,22)(H2,19,20,24). The lowest BCUT2D eigenvalue weighted by Crippen LogP contribution is -2.37. The zero-order valence-corrected chi connectivity index (χ0v) is 13.5. The van der Waals surface area contributed by atoms with Gasteiger partial charge in [0, 0.05) is 24.4 Å². The number of aryl methyl sites for hydroxylation is 1. The zero-order chi connectivity index (χ0) is 16.9. The molecule has 0 aliphatic carbocycles. The van der Waals surface area contributed by atoms with Gasteiger partial charge in [0.1, 0.15) is 0 Å². The van der Waals surface area contributed by atoms with E-state index in [0.29, 0.717) is 17.9 Å². The Kier molecular flexibility index (Phi) is 4.55. The Balaban J connectivity index is 1.54. The summed E-state index contributed by atoms with van der Waals surface area (Å²) in [4.78, 5) is 16.3. The summed E-state index contributed by atoms with van der Waals surface area (Å²) in [5, 5.41) is 16.9. The van der Waals surface area contributed by atoms with E-state index in [1.807, 2.05) is 38.1 Å². The molecule has 3 N–H and O–H groups in total. The molecule has 3 heterocycles. The van der Waals surface area contributed by atoms with Gasteiger partial charge in [0.15, 0.2) is 5.82 Å². The normalized spacial score (nSPS) is 11.9. The number of carbonyl (C=O) groups is 1. The van der Waals surface area contributed by atoms with E-state index in [9.17, 15) is 4.79 Å². The highest BCUT2D eigenvalue weighted by Gasteiger charge is 2.11. The minimum Gasteiger partial charge on any atom is -0.335 e. The molecule has 0 aliphatic heterocycles. The number of nitrogens with zero attached hydrogens (tertiary/aromatic N) is 4. The number of hydrogen-bond donors (Lipinski definition) is 3. The molecule has 0 bridgehead atoms. The molecular formula is C16H19N7O. The fourth-order valence-electron chi connectivity index (χ4n) is 2.34. The molecule has 0 fully saturated rings. The molecular weight excluding hydrogens is 306 g/mol. The summed E-state index contributed by atoms with van der Waals surface area (Å²) in [7, 11) is 0. The highest BCUT2D eigenvalue weighted by Crippen LogP contribution is 2.09. The van der Waals surface area contributed by atoms with E-state index in [1.54, 1.807) is 23.3 Å². The molecule has 8 heteroatoms. The maximum absolute atomic E-state index is 12.1. The number of urea groups is 1. The average Bonchev–Trinajstić information content (AvgIpc) is 3.17. The van der Waals surface area contributed by atoms with Crippen LogP contribution in [0.1, 0.15) is 18.3 Å². The fraction of sp³-hybridized carbons (Fsp3) is 0.250. The molecule has 0 aliphatic rings. The van der Waals surface area contributed by atoms with Crippen LogP contribution >= 0.6 is 0 Å². The van der Waals surface area contributed by atoms with E-state index in [4.69, 9.17) is 0 Å². The molecule has 1 atom stereocenters. The molecule has 2 amide bonds. The molecule has 0 saturated carbocycles. The van der Waals surface area contributed by atoms with Crippen LogP contribution in [0.4, 0.5) is 10.5 Å². The molecule has 8 nitrogen and oxygen atoms in total. The Morgan fingerprint density at radius 2 is 2.29 bits per heavy atom. The monoisotopic (exact) mass is 325 g/mol. The molecule has 0 saturated heterocycles. The van der Waals surface area contributed by atoms with Crippen molar-refractivity contribution in [3.63, 3.8) is 0 Å². The molecule has 0 aromatic carbocycles. The number of aromatic nitrogens is 5. The maximum Gasteiger partial charge on any atom is 0.319 e. The van der Waals surface area contributed by atoms with Crippen LogP contribution in [0.5, 0.6) is 0 Å². The number of nitrogens with one attached hydrogen (secondary N) is 3. The van der Waals surface area contributed by atoms with E-state index in [1.165, 1.54) is 0 Å². The second-order valence-electron chi connectivity index (χ2n) is 5.61. The van der Waals surface area contributed by atoms with Gasteiger partial charge in [0.25, 0.3) is 0 Å². The smallest absolute Gasteiger partial charge is 0.319 e. The summed E-state index contributed by atoms with van der Waals surface area (Å²) in [6.07, 6.45) is 5.64. The molecule has 3 aromatic rings. The molecule has 1 unspecified atom stereocenters. The first-order chi connectivity index (χ1) is 11.6. The maximum atomic E-state index is 12.1. The summed E-state index contributed by atoms with van der Waals surface area (Å²) >= 11 is 0. The third-order valence-corrected chi connectivity index (χ3v) is 3.38. The van der Waals surface area contributed by atoms with Gasteiger partial charge in [0.05, 0.1) is 23.8 Å². The van der Waals surface area contributed by atoms with Gasteiger partial charge < -0.3 is 10.6 Å². The van der Waals surface area contributed by atoms with Crippen LogP contribution in [0.3, 0.4) is 0 Å². The number of anilines is 1. The number of carbonyl (C=O) groups excluding carboxylic acids is 1. The number of amides is 2. The van der Waals surface area contributed by atoms with Crippen LogP contribution in [0.15, 0.2) is 42.9 Å². The van der Waals surface area contributed by atoms with Gasteiger partial charge in [-0.05, 0) is 32.0 Å². The lowest BCUT2D eigenvalue weighted by Gasteiger charge is -2.12. The quantitative estimate of drug-likeness (QED) is 0.668. The number of rotatable bonds is 5. The molecule has 3 aromatic heterocycles. The van der Waals surface area contributed by atoms with E-state index in [0.717, 1.165) is 11.4 Å². The lowest BCUT2D eigenvalue weighted by atomic mass is 10.2. The van der Waals surface area contributed by atoms with Crippen molar-refractivity contribution in [2.24, 2.45) is 0 Å². The van der Waals surface area contributed by atoms with Crippen molar-refractivity contribution in [3.05, 3.63) is 54.2 Å². The zero-order valence-electron chi connectivity index (χ0n) is 13.5. The Morgan fingerprint density at radius 1 is 1.42 bits per heavy atom. The Labute approximate surface area is 139 Å². The van der Waals surface area contributed by atoms with Gasteiger partial charge in [-0.25, -0.2) is 14.5 Å². The van der Waals surface area contributed by atoms with Crippen LogP contribution < -0.4 is 10.6 Å². The first-order valence-electron chi connectivity index (χ1n) is 7.64. The highest BCUT2D eigenvalue weighted by atomic mass is 16.2. The summed E-state index contributed by atoms with van der Waals surface area (Å²) in [5.74, 6) is 0.688. The van der Waals surface area contributed by atoms with Crippen LogP contribution in [-0.2, 0) is 6.42 Å². The second kappa shape index (κ2) is 6.95. The van der Waals surface area contributed by atoms with Crippen molar-refractivity contribution in [1.29, 1.82) is 0 Å². The van der Waals surface area contributed by atoms with Crippen molar-refractivity contribution in [3.8, 4) is 5.82 Å². The predicted octanol–water partition coefficient (Wildman–Crippen LogP) is 2.05. The number of pyridine rings is 1. The van der Waals surface area contributed by atoms with Crippen molar-refractivity contribution in [2.75, 3.05) is 5.32 Å². The minimum atomic E-state index is -0.282. The van der Waals surface area contributed by atoms with Gasteiger partial charge in [-0.15, -0.1) is 0 Å². The topological polar surface area (TPSA) is 101 Å². The molecule has 3 rings (SSSR count). The first-order valence-corrected chi connectivity index (χ1v) is 7.64. The molecule has 24 heavy (non-hydrogen) atoms. The van der Waals surface area contributed by atoms with Crippen molar-refractivity contribution in [2.45, 2.75) is 26.3 Å². The van der Waals surface area contributed by atoms with Crippen molar-refractivity contribution < 1.29 is 4.79 Å². The molecule has 124 valence electrons. The minimum absolute atomic E-state index is 0.0430. The Hall–Kier alpha value is -3.16. The molecule has 0 radical (unpaired) electrons. The fourth-order valence-corrected chi connectivity index (χ4v) is 2.34. The Bertz CT molecular complexity index is 809. The second-order valence-corrected chi connectivity index (χ2v) is 5.61. The SMILES string of the molecule is Cc1cc(CC(C)NC(=O)Nc2cnn(-c3ccccn3)c2)n[nH]1. The third-order valence-electron chi connectivity index (χ3n) is 3.38. The number of aromatic amines is 1. The lowest BCUT2D eigenvalue weighted by molar-refractivity contribution is 0.249. The molecule has 0 spiro atoms. The van der Waals surface area contributed by atoms with Crippen LogP contribution in [0.2, 0.25) is 0 Å². The summed E-state index contributed by atoms with van der Waals surface area (Å²) in [5.41, 5.74) is 2.52. The van der Waals surface area contributed by atoms with Gasteiger partial charge in [0.2, 0.25) is 0 Å². The van der Waals surface area contributed by atoms with E-state index in [2.05, 4.69) is 30.9 Å². The summed E-state index contributed by atoms with van der Waals surface area (Å²) in [6.45, 7) is 3.88. The van der Waals surface area contributed by atoms with Crippen LogP contribution in [0.25, 0.3) is 5.82 Å². The van der Waals surface area contributed by atoms with Crippen molar-refractivity contribution >= 4 is 11.7 Å². The van der Waals surface area contributed by atoms with Gasteiger partial charge >= 0.3 is 6.03 Å². The first kappa shape index (κ1) is 15.7. The summed E-state index contributed by atoms with van der Waals surface area (Å²) in [6, 6.07) is 7.19. The van der Waals surface area contributed by atoms with Crippen LogP contribution in [-0.4, -0.2) is 37.0 Å².